The highest BCUT2D eigenvalue weighted by atomic mass is 32.2. The Hall–Kier alpha value is -2.80. The van der Waals surface area contributed by atoms with Gasteiger partial charge in [0.1, 0.15) is 0 Å². The maximum absolute atomic E-state index is 12.1. The van der Waals surface area contributed by atoms with Crippen LogP contribution in [-0.4, -0.2) is 35.9 Å². The van der Waals surface area contributed by atoms with E-state index in [-0.39, 0.29) is 29.9 Å². The molecule has 0 aliphatic carbocycles. The van der Waals surface area contributed by atoms with Crippen molar-refractivity contribution >= 4 is 40.9 Å². The molecule has 0 bridgehead atoms. The number of esters is 1. The van der Waals surface area contributed by atoms with Crippen LogP contribution in [0.25, 0.3) is 0 Å². The lowest BCUT2D eigenvalue weighted by molar-refractivity contribution is -0.114. The number of carbonyl (C=O) groups is 3. The molecule has 2 aromatic rings. The van der Waals surface area contributed by atoms with Crippen LogP contribution in [-0.2, 0) is 14.3 Å². The Labute approximate surface area is 156 Å². The van der Waals surface area contributed by atoms with Crippen LogP contribution in [0, 0.1) is 0 Å². The van der Waals surface area contributed by atoms with Crippen LogP contribution in [0.4, 0.5) is 11.4 Å². The lowest BCUT2D eigenvalue weighted by atomic mass is 10.2. The Morgan fingerprint density at radius 3 is 2.19 bits per heavy atom. The van der Waals surface area contributed by atoms with Gasteiger partial charge in [0.15, 0.2) is 0 Å². The third-order valence-electron chi connectivity index (χ3n) is 3.22. The van der Waals surface area contributed by atoms with Crippen LogP contribution in [0.2, 0.25) is 0 Å². The average molecular weight is 372 g/mol. The van der Waals surface area contributed by atoms with Crippen molar-refractivity contribution in [2.75, 3.05) is 28.7 Å². The number of hydrogen-bond donors (Lipinski definition) is 2. The fourth-order valence-corrected chi connectivity index (χ4v) is 2.74. The van der Waals surface area contributed by atoms with Crippen LogP contribution in [0.3, 0.4) is 0 Å². The second-order valence-corrected chi connectivity index (χ2v) is 6.21. The van der Waals surface area contributed by atoms with E-state index in [0.29, 0.717) is 16.9 Å². The van der Waals surface area contributed by atoms with Gasteiger partial charge < -0.3 is 15.4 Å². The van der Waals surface area contributed by atoms with Gasteiger partial charge in [-0.15, -0.1) is 11.8 Å². The van der Waals surface area contributed by atoms with Crippen LogP contribution in [0.15, 0.2) is 54.6 Å². The standard InChI is InChI=1S/C19H20N2O4S/c1-2-25-19(24)15-10-6-7-11-16(15)21-18(23)13-26-12-17(22)20-14-8-4-3-5-9-14/h3-11H,2,12-13H2,1H3,(H,20,22)(H,21,23). The third kappa shape index (κ3) is 6.25. The molecule has 0 heterocycles. The van der Waals surface area contributed by atoms with Crippen molar-refractivity contribution in [2.24, 2.45) is 0 Å². The Balaban J connectivity index is 1.80. The summed E-state index contributed by atoms with van der Waals surface area (Å²) in [6, 6.07) is 15.8. The number of thioether (sulfide) groups is 1. The second kappa shape index (κ2) is 10.2. The lowest BCUT2D eigenvalue weighted by Gasteiger charge is -2.10. The first-order valence-corrected chi connectivity index (χ1v) is 9.24. The van der Waals surface area contributed by atoms with Crippen molar-refractivity contribution in [3.8, 4) is 0 Å². The zero-order valence-electron chi connectivity index (χ0n) is 14.4. The predicted octanol–water partition coefficient (Wildman–Crippen LogP) is 3.17. The number of amides is 2. The molecule has 7 heteroatoms. The van der Waals surface area contributed by atoms with Crippen LogP contribution in [0.5, 0.6) is 0 Å². The minimum absolute atomic E-state index is 0.0966. The van der Waals surface area contributed by atoms with Gasteiger partial charge in [-0.05, 0) is 31.2 Å². The molecule has 0 aliphatic heterocycles. The van der Waals surface area contributed by atoms with Crippen LogP contribution in [0.1, 0.15) is 17.3 Å². The average Bonchev–Trinajstić information content (AvgIpc) is 2.63. The van der Waals surface area contributed by atoms with Gasteiger partial charge in [-0.1, -0.05) is 30.3 Å². The molecule has 0 saturated heterocycles. The van der Waals surface area contributed by atoms with E-state index in [1.165, 1.54) is 11.8 Å². The zero-order chi connectivity index (χ0) is 18.8. The Kier molecular flexibility index (Phi) is 7.70. The van der Waals surface area contributed by atoms with Gasteiger partial charge >= 0.3 is 5.97 Å². The molecule has 6 nitrogen and oxygen atoms in total. The number of carbonyl (C=O) groups excluding carboxylic acids is 3. The topological polar surface area (TPSA) is 84.5 Å². The molecule has 136 valence electrons. The van der Waals surface area contributed by atoms with Crippen LogP contribution < -0.4 is 10.6 Å². The summed E-state index contributed by atoms with van der Waals surface area (Å²) >= 11 is 1.19. The molecule has 0 unspecified atom stereocenters. The van der Waals surface area contributed by atoms with E-state index in [1.54, 1.807) is 43.3 Å². The van der Waals surface area contributed by atoms with Crippen molar-refractivity contribution in [1.82, 2.24) is 0 Å². The van der Waals surface area contributed by atoms with Gasteiger partial charge in [0.25, 0.3) is 0 Å². The summed E-state index contributed by atoms with van der Waals surface area (Å²) in [5, 5.41) is 5.43. The SMILES string of the molecule is CCOC(=O)c1ccccc1NC(=O)CSCC(=O)Nc1ccccc1. The summed E-state index contributed by atoms with van der Waals surface area (Å²) in [4.78, 5) is 35.8. The number of para-hydroxylation sites is 2. The number of hydrogen-bond acceptors (Lipinski definition) is 5. The van der Waals surface area contributed by atoms with Crippen molar-refractivity contribution in [2.45, 2.75) is 6.92 Å². The van der Waals surface area contributed by atoms with E-state index < -0.39 is 5.97 Å². The molecule has 26 heavy (non-hydrogen) atoms. The highest BCUT2D eigenvalue weighted by molar-refractivity contribution is 8.00. The molecular formula is C19H20N2O4S. The Morgan fingerprint density at radius 2 is 1.50 bits per heavy atom. The van der Waals surface area contributed by atoms with Crippen LogP contribution >= 0.6 is 11.8 Å². The van der Waals surface area contributed by atoms with E-state index >= 15 is 0 Å². The first-order valence-electron chi connectivity index (χ1n) is 8.08. The molecule has 0 fully saturated rings. The number of benzene rings is 2. The van der Waals surface area contributed by atoms with Crippen molar-refractivity contribution in [3.63, 3.8) is 0 Å². The van der Waals surface area contributed by atoms with E-state index in [0.717, 1.165) is 0 Å². The highest BCUT2D eigenvalue weighted by Crippen LogP contribution is 2.17. The third-order valence-corrected chi connectivity index (χ3v) is 4.15. The van der Waals surface area contributed by atoms with Crippen molar-refractivity contribution in [3.05, 3.63) is 60.2 Å². The van der Waals surface area contributed by atoms with E-state index in [2.05, 4.69) is 10.6 Å². The van der Waals surface area contributed by atoms with Gasteiger partial charge in [-0.3, -0.25) is 9.59 Å². The first-order chi connectivity index (χ1) is 12.6. The molecule has 0 atom stereocenters. The van der Waals surface area contributed by atoms with Gasteiger partial charge in [0.2, 0.25) is 11.8 Å². The number of ether oxygens (including phenoxy) is 1. The Bertz CT molecular complexity index is 765. The van der Waals surface area contributed by atoms with Gasteiger partial charge in [0, 0.05) is 5.69 Å². The molecule has 0 aromatic heterocycles. The normalized spacial score (nSPS) is 10.0. The summed E-state index contributed by atoms with van der Waals surface area (Å²) in [6.07, 6.45) is 0. The number of nitrogens with one attached hydrogen (secondary N) is 2. The summed E-state index contributed by atoms with van der Waals surface area (Å²) in [5.41, 5.74) is 1.41. The minimum atomic E-state index is -0.488. The molecular weight excluding hydrogens is 352 g/mol. The summed E-state index contributed by atoms with van der Waals surface area (Å²) < 4.78 is 4.97. The number of anilines is 2. The molecule has 2 aromatic carbocycles. The van der Waals surface area contributed by atoms with E-state index in [9.17, 15) is 14.4 Å². The summed E-state index contributed by atoms with van der Waals surface area (Å²) in [5.74, 6) is -0.709. The fraction of sp³-hybridized carbons (Fsp3) is 0.211. The van der Waals surface area contributed by atoms with E-state index in [4.69, 9.17) is 4.74 Å². The molecule has 0 radical (unpaired) electrons. The number of rotatable bonds is 8. The monoisotopic (exact) mass is 372 g/mol. The lowest BCUT2D eigenvalue weighted by Crippen LogP contribution is -2.19. The van der Waals surface area contributed by atoms with E-state index in [1.807, 2.05) is 18.2 Å². The largest absolute Gasteiger partial charge is 0.462 e. The molecule has 0 saturated carbocycles. The van der Waals surface area contributed by atoms with Crippen molar-refractivity contribution < 1.29 is 19.1 Å². The smallest absolute Gasteiger partial charge is 0.340 e. The highest BCUT2D eigenvalue weighted by Gasteiger charge is 2.14. The molecule has 0 aliphatic rings. The quantitative estimate of drug-likeness (QED) is 0.695. The summed E-state index contributed by atoms with van der Waals surface area (Å²) in [6.45, 7) is 1.98. The molecule has 2 rings (SSSR count). The maximum atomic E-state index is 12.1. The molecule has 2 N–H and O–H groups in total. The maximum Gasteiger partial charge on any atom is 0.340 e. The summed E-state index contributed by atoms with van der Waals surface area (Å²) in [7, 11) is 0. The first kappa shape index (κ1) is 19.5. The molecule has 0 spiro atoms. The second-order valence-electron chi connectivity index (χ2n) is 5.22. The Morgan fingerprint density at radius 1 is 0.885 bits per heavy atom. The molecule has 2 amide bonds. The predicted molar refractivity (Wildman–Crippen MR) is 103 cm³/mol. The fourth-order valence-electron chi connectivity index (χ4n) is 2.12. The van der Waals surface area contributed by atoms with Gasteiger partial charge in [0.05, 0.1) is 29.4 Å². The van der Waals surface area contributed by atoms with Crippen molar-refractivity contribution in [1.29, 1.82) is 0 Å². The minimum Gasteiger partial charge on any atom is -0.462 e. The van der Waals surface area contributed by atoms with Gasteiger partial charge in [-0.2, -0.15) is 0 Å². The zero-order valence-corrected chi connectivity index (χ0v) is 15.2. The van der Waals surface area contributed by atoms with Gasteiger partial charge in [-0.25, -0.2) is 4.79 Å².